The Morgan fingerprint density at radius 1 is 1.00 bits per heavy atom. The van der Waals surface area contributed by atoms with Crippen LogP contribution in [0.15, 0.2) is 64.4 Å². The molecule has 0 unspecified atom stereocenters. The van der Waals surface area contributed by atoms with Gasteiger partial charge in [0.15, 0.2) is 4.34 Å². The van der Waals surface area contributed by atoms with Crippen molar-refractivity contribution in [2.45, 2.75) is 4.34 Å². The topological polar surface area (TPSA) is 84.0 Å². The first-order valence-corrected chi connectivity index (χ1v) is 9.23. The summed E-state index contributed by atoms with van der Waals surface area (Å²) >= 11 is 2.68. The second-order valence-electron chi connectivity index (χ2n) is 4.91. The van der Waals surface area contributed by atoms with Gasteiger partial charge < -0.3 is 10.6 Å². The molecule has 0 radical (unpaired) electrons. The molecular formula is C17H14N4O2S2. The lowest BCUT2D eigenvalue weighted by Crippen LogP contribution is -2.19. The molecule has 3 rings (SSSR count). The summed E-state index contributed by atoms with van der Waals surface area (Å²) in [6.45, 7) is 0. The van der Waals surface area contributed by atoms with Crippen LogP contribution < -0.4 is 10.6 Å². The summed E-state index contributed by atoms with van der Waals surface area (Å²) in [5.74, 6) is -0.289. The number of carbonyl (C=O) groups is 2. The van der Waals surface area contributed by atoms with Gasteiger partial charge in [0.05, 0.1) is 17.0 Å². The Kier molecular flexibility index (Phi) is 5.76. The molecule has 126 valence electrons. The van der Waals surface area contributed by atoms with Crippen LogP contribution in [0.2, 0.25) is 0 Å². The minimum absolute atomic E-state index is 0.198. The van der Waals surface area contributed by atoms with Gasteiger partial charge in [0.2, 0.25) is 5.91 Å². The van der Waals surface area contributed by atoms with Crippen molar-refractivity contribution in [1.29, 1.82) is 0 Å². The van der Waals surface area contributed by atoms with E-state index in [9.17, 15) is 9.59 Å². The third kappa shape index (κ3) is 4.88. The maximum absolute atomic E-state index is 12.5. The van der Waals surface area contributed by atoms with Crippen LogP contribution in [0.1, 0.15) is 10.4 Å². The van der Waals surface area contributed by atoms with Crippen LogP contribution in [0.4, 0.5) is 11.4 Å². The number of hydrogen-bond donors (Lipinski definition) is 2. The predicted octanol–water partition coefficient (Wildman–Crippen LogP) is 3.52. The number of rotatable bonds is 6. The number of amides is 2. The number of nitrogens with zero attached hydrogens (tertiary/aromatic N) is 2. The normalized spacial score (nSPS) is 10.2. The van der Waals surface area contributed by atoms with Gasteiger partial charge >= 0.3 is 0 Å². The van der Waals surface area contributed by atoms with Crippen molar-refractivity contribution in [3.63, 3.8) is 0 Å². The fourth-order valence-corrected chi connectivity index (χ4v) is 3.34. The van der Waals surface area contributed by atoms with Crippen molar-refractivity contribution >= 4 is 46.3 Å². The first-order valence-electron chi connectivity index (χ1n) is 7.36. The maximum atomic E-state index is 12.5. The van der Waals surface area contributed by atoms with Crippen LogP contribution >= 0.6 is 23.1 Å². The minimum atomic E-state index is -0.279. The van der Waals surface area contributed by atoms with Crippen LogP contribution in [0, 0.1) is 0 Å². The molecule has 0 saturated carbocycles. The number of benzene rings is 2. The Labute approximate surface area is 152 Å². The Hall–Kier alpha value is -2.71. The molecule has 0 aliphatic rings. The predicted molar refractivity (Wildman–Crippen MR) is 100 cm³/mol. The summed E-state index contributed by atoms with van der Waals surface area (Å²) < 4.78 is 0.727. The van der Waals surface area contributed by atoms with Gasteiger partial charge in [0.25, 0.3) is 5.91 Å². The lowest BCUT2D eigenvalue weighted by atomic mass is 10.1. The van der Waals surface area contributed by atoms with Crippen molar-refractivity contribution in [3.05, 3.63) is 65.7 Å². The number of carbonyl (C=O) groups excluding carboxylic acids is 2. The molecule has 3 aromatic rings. The molecule has 1 heterocycles. The smallest absolute Gasteiger partial charge is 0.257 e. The molecule has 0 fully saturated rings. The number of anilines is 2. The Morgan fingerprint density at radius 2 is 1.76 bits per heavy atom. The lowest BCUT2D eigenvalue weighted by molar-refractivity contribution is -0.113. The number of hydrogen-bond acceptors (Lipinski definition) is 6. The van der Waals surface area contributed by atoms with Gasteiger partial charge in [-0.15, -0.1) is 10.2 Å². The molecule has 2 aromatic carbocycles. The van der Waals surface area contributed by atoms with Crippen LogP contribution in [0.25, 0.3) is 0 Å². The average Bonchev–Trinajstić information content (AvgIpc) is 3.15. The molecule has 0 bridgehead atoms. The highest BCUT2D eigenvalue weighted by molar-refractivity contribution is 8.01. The molecule has 2 N–H and O–H groups in total. The molecule has 0 atom stereocenters. The zero-order valence-corrected chi connectivity index (χ0v) is 14.6. The molecule has 0 aliphatic heterocycles. The van der Waals surface area contributed by atoms with E-state index in [0.29, 0.717) is 16.9 Å². The van der Waals surface area contributed by atoms with E-state index in [1.807, 2.05) is 18.2 Å². The highest BCUT2D eigenvalue weighted by atomic mass is 32.2. The van der Waals surface area contributed by atoms with E-state index in [4.69, 9.17) is 0 Å². The molecule has 0 spiro atoms. The summed E-state index contributed by atoms with van der Waals surface area (Å²) in [6.07, 6.45) is 0. The Morgan fingerprint density at radius 3 is 2.52 bits per heavy atom. The van der Waals surface area contributed by atoms with Gasteiger partial charge in [0, 0.05) is 5.69 Å². The number of aromatic nitrogens is 2. The third-order valence-corrected chi connectivity index (χ3v) is 5.00. The van der Waals surface area contributed by atoms with E-state index in [-0.39, 0.29) is 17.6 Å². The Bertz CT molecular complexity index is 854. The largest absolute Gasteiger partial charge is 0.325 e. The second kappa shape index (κ2) is 8.41. The molecule has 8 heteroatoms. The van der Waals surface area contributed by atoms with Crippen molar-refractivity contribution in [2.75, 3.05) is 16.4 Å². The van der Waals surface area contributed by atoms with Gasteiger partial charge in [-0.2, -0.15) is 0 Å². The second-order valence-corrected chi connectivity index (χ2v) is 6.96. The molecule has 6 nitrogen and oxygen atoms in total. The first kappa shape index (κ1) is 17.1. The Balaban J connectivity index is 1.65. The van der Waals surface area contributed by atoms with E-state index < -0.39 is 0 Å². The van der Waals surface area contributed by atoms with E-state index >= 15 is 0 Å². The van der Waals surface area contributed by atoms with E-state index in [0.717, 1.165) is 4.34 Å². The fourth-order valence-electron chi connectivity index (χ4n) is 2.05. The minimum Gasteiger partial charge on any atom is -0.325 e. The molecule has 0 aliphatic carbocycles. The van der Waals surface area contributed by atoms with Gasteiger partial charge in [-0.3, -0.25) is 9.59 Å². The summed E-state index contributed by atoms with van der Waals surface area (Å²) in [7, 11) is 0. The van der Waals surface area contributed by atoms with Crippen molar-refractivity contribution in [2.24, 2.45) is 0 Å². The zero-order chi connectivity index (χ0) is 17.5. The molecule has 0 saturated heterocycles. The third-order valence-electron chi connectivity index (χ3n) is 3.14. The summed E-state index contributed by atoms with van der Waals surface area (Å²) in [5.41, 5.74) is 3.18. The number of thioether (sulfide) groups is 1. The average molecular weight is 370 g/mol. The van der Waals surface area contributed by atoms with Crippen LogP contribution in [-0.4, -0.2) is 27.8 Å². The highest BCUT2D eigenvalue weighted by Crippen LogP contribution is 2.21. The number of nitrogens with one attached hydrogen (secondary N) is 2. The zero-order valence-electron chi connectivity index (χ0n) is 13.0. The van der Waals surface area contributed by atoms with Crippen LogP contribution in [-0.2, 0) is 4.79 Å². The molecule has 2 amide bonds. The van der Waals surface area contributed by atoms with Gasteiger partial charge in [-0.25, -0.2) is 0 Å². The standard InChI is InChI=1S/C17H14N4O2S2/c22-15(10-24-17-21-18-11-25-17)20-14-9-5-4-8-13(14)16(23)19-12-6-2-1-3-7-12/h1-9,11H,10H2,(H,19,23)(H,20,22). The van der Waals surface area contributed by atoms with Crippen molar-refractivity contribution in [1.82, 2.24) is 10.2 Å². The maximum Gasteiger partial charge on any atom is 0.257 e. The SMILES string of the molecule is O=C(CSc1nncs1)Nc1ccccc1C(=O)Nc1ccccc1. The van der Waals surface area contributed by atoms with Gasteiger partial charge in [0.1, 0.15) is 5.51 Å². The first-order chi connectivity index (χ1) is 12.2. The quantitative estimate of drug-likeness (QED) is 0.649. The summed E-state index contributed by atoms with van der Waals surface area (Å²) in [6, 6.07) is 16.1. The monoisotopic (exact) mass is 370 g/mol. The van der Waals surface area contributed by atoms with Crippen LogP contribution in [0.3, 0.4) is 0 Å². The molecular weight excluding hydrogens is 356 g/mol. The van der Waals surface area contributed by atoms with Crippen molar-refractivity contribution in [3.8, 4) is 0 Å². The highest BCUT2D eigenvalue weighted by Gasteiger charge is 2.14. The fraction of sp³-hybridized carbons (Fsp3) is 0.0588. The van der Waals surface area contributed by atoms with Crippen molar-refractivity contribution < 1.29 is 9.59 Å². The van der Waals surface area contributed by atoms with Gasteiger partial charge in [-0.1, -0.05) is 53.4 Å². The van der Waals surface area contributed by atoms with Crippen LogP contribution in [0.5, 0.6) is 0 Å². The number of para-hydroxylation sites is 2. The molecule has 1 aromatic heterocycles. The van der Waals surface area contributed by atoms with E-state index in [2.05, 4.69) is 20.8 Å². The summed E-state index contributed by atoms with van der Waals surface area (Å²) in [4.78, 5) is 24.6. The van der Waals surface area contributed by atoms with E-state index in [1.165, 1.54) is 23.1 Å². The summed E-state index contributed by atoms with van der Waals surface area (Å²) in [5, 5.41) is 13.2. The van der Waals surface area contributed by atoms with E-state index in [1.54, 1.807) is 41.9 Å². The lowest BCUT2D eigenvalue weighted by Gasteiger charge is -2.11. The molecule has 25 heavy (non-hydrogen) atoms. The van der Waals surface area contributed by atoms with Gasteiger partial charge in [-0.05, 0) is 24.3 Å².